The summed E-state index contributed by atoms with van der Waals surface area (Å²) in [5.74, 6) is -1.65. The van der Waals surface area contributed by atoms with E-state index >= 15 is 0 Å². The van der Waals surface area contributed by atoms with Crippen molar-refractivity contribution < 1.29 is 28.3 Å². The number of rotatable bonds is 8. The second-order valence-electron chi connectivity index (χ2n) is 10.8. The van der Waals surface area contributed by atoms with E-state index in [4.69, 9.17) is 9.47 Å². The van der Waals surface area contributed by atoms with Gasteiger partial charge in [0.15, 0.2) is 5.69 Å². The molecule has 0 amide bonds. The summed E-state index contributed by atoms with van der Waals surface area (Å²) in [6.07, 6.45) is 8.31. The van der Waals surface area contributed by atoms with E-state index in [1.54, 1.807) is 12.4 Å². The first-order valence-corrected chi connectivity index (χ1v) is 14.3. The van der Waals surface area contributed by atoms with Crippen molar-refractivity contribution in [3.63, 3.8) is 0 Å². The molecule has 0 aliphatic carbocycles. The van der Waals surface area contributed by atoms with E-state index < -0.39 is 28.3 Å². The lowest BCUT2D eigenvalue weighted by molar-refractivity contribution is -0.384. The highest BCUT2D eigenvalue weighted by Gasteiger charge is 2.27. The van der Waals surface area contributed by atoms with Crippen LogP contribution in [0.3, 0.4) is 0 Å². The molecule has 2 fully saturated rings. The number of β-amino-alcohol motifs (C(OH)–C–C–N with tert-alkyl or cyclic N) is 1. The van der Waals surface area contributed by atoms with Crippen LogP contribution in [-0.4, -0.2) is 69.3 Å². The Bertz CT molecular complexity index is 1680. The molecular weight excluding hydrogens is 576 g/mol. The Balaban J connectivity index is 1.37. The number of hydrogen-bond acceptors (Lipinski definition) is 10. The van der Waals surface area contributed by atoms with Gasteiger partial charge in [-0.05, 0) is 31.7 Å². The summed E-state index contributed by atoms with van der Waals surface area (Å²) in [4.78, 5) is 22.1. The van der Waals surface area contributed by atoms with E-state index in [9.17, 15) is 24.0 Å². The van der Waals surface area contributed by atoms with Crippen molar-refractivity contribution in [3.8, 4) is 28.1 Å². The van der Waals surface area contributed by atoms with Gasteiger partial charge in [0, 0.05) is 74.1 Å². The fraction of sp³-hybridized carbons (Fsp3) is 0.367. The van der Waals surface area contributed by atoms with Crippen LogP contribution in [0.25, 0.3) is 22.4 Å². The lowest BCUT2D eigenvalue weighted by Crippen LogP contribution is -2.38. The number of hydrogen-bond donors (Lipinski definition) is 2. The molecular formula is C30H31F2N7O5. The smallest absolute Gasteiger partial charge is 0.295 e. The van der Waals surface area contributed by atoms with Crippen LogP contribution < -0.4 is 15.0 Å². The molecule has 0 radical (unpaired) electrons. The summed E-state index contributed by atoms with van der Waals surface area (Å²) in [5.41, 5.74) is 1.38. The normalized spacial score (nSPS) is 17.5. The quantitative estimate of drug-likeness (QED) is 0.201. The summed E-state index contributed by atoms with van der Waals surface area (Å²) in [5, 5.41) is 29.9. The molecule has 0 bridgehead atoms. The SMILES string of the molecule is COc1cc(F)cc(F)c1-c1nc(Nc2cc(N3CCC[C@H](O)C3)c(-c3cnn(C4CCOCC4)c3)cn2)ccc1[N+](=O)[O-]. The molecule has 6 rings (SSSR count). The second kappa shape index (κ2) is 12.5. The molecule has 0 unspecified atom stereocenters. The third-order valence-electron chi connectivity index (χ3n) is 7.90. The standard InChI is InChI=1S/C30H31F2N7O5/c1-43-26-12-19(31)11-23(32)29(26)30-24(39(41)42)4-5-27(36-30)35-28-13-25(37-8-2-3-21(40)17-37)22(15-33-28)18-14-34-38(16-18)20-6-9-44-10-7-20/h4-5,11-16,20-21,40H,2-3,6-10,17H2,1H3,(H,33,35,36)/t21-/m0/s1. The van der Waals surface area contributed by atoms with Crippen molar-refractivity contribution in [3.05, 3.63) is 70.7 Å². The number of halogens is 2. The first-order chi connectivity index (χ1) is 21.3. The highest BCUT2D eigenvalue weighted by molar-refractivity contribution is 5.81. The molecule has 2 saturated heterocycles. The van der Waals surface area contributed by atoms with Crippen LogP contribution in [0.5, 0.6) is 5.75 Å². The van der Waals surface area contributed by atoms with E-state index in [2.05, 4.69) is 25.3 Å². The van der Waals surface area contributed by atoms with Crippen LogP contribution in [0.15, 0.2) is 48.9 Å². The highest BCUT2D eigenvalue weighted by Crippen LogP contribution is 2.39. The number of nitrogens with zero attached hydrogens (tertiary/aromatic N) is 6. The minimum Gasteiger partial charge on any atom is -0.496 e. The number of aliphatic hydroxyl groups is 1. The number of anilines is 3. The van der Waals surface area contributed by atoms with E-state index in [0.717, 1.165) is 48.7 Å². The Labute approximate surface area is 251 Å². The molecule has 1 aromatic carbocycles. The van der Waals surface area contributed by atoms with Crippen molar-refractivity contribution in [2.75, 3.05) is 43.6 Å². The van der Waals surface area contributed by atoms with Crippen LogP contribution in [0.4, 0.5) is 31.8 Å². The molecule has 0 saturated carbocycles. The van der Waals surface area contributed by atoms with Crippen molar-refractivity contribution >= 4 is 23.0 Å². The zero-order chi connectivity index (χ0) is 30.8. The average Bonchev–Trinajstić information content (AvgIpc) is 3.51. The number of nitrogens with one attached hydrogen (secondary N) is 1. The molecule has 230 valence electrons. The lowest BCUT2D eigenvalue weighted by atomic mass is 10.0. The van der Waals surface area contributed by atoms with Crippen molar-refractivity contribution in [2.24, 2.45) is 0 Å². The number of methoxy groups -OCH3 is 1. The maximum atomic E-state index is 14.9. The molecule has 2 aliphatic rings. The van der Waals surface area contributed by atoms with Crippen LogP contribution in [0, 0.1) is 21.7 Å². The summed E-state index contributed by atoms with van der Waals surface area (Å²) >= 11 is 0. The number of nitro groups is 1. The van der Waals surface area contributed by atoms with Gasteiger partial charge in [-0.1, -0.05) is 0 Å². The second-order valence-corrected chi connectivity index (χ2v) is 10.8. The molecule has 2 N–H and O–H groups in total. The molecule has 44 heavy (non-hydrogen) atoms. The Kier molecular flexibility index (Phi) is 8.35. The molecule has 1 atom stereocenters. The molecule has 4 aromatic rings. The van der Waals surface area contributed by atoms with Crippen molar-refractivity contribution in [1.82, 2.24) is 19.7 Å². The van der Waals surface area contributed by atoms with Gasteiger partial charge in [0.05, 0.1) is 41.6 Å². The third-order valence-corrected chi connectivity index (χ3v) is 7.90. The van der Waals surface area contributed by atoms with E-state index in [1.807, 2.05) is 16.9 Å². The van der Waals surface area contributed by atoms with Gasteiger partial charge in [-0.3, -0.25) is 14.8 Å². The monoisotopic (exact) mass is 607 g/mol. The predicted octanol–water partition coefficient (Wildman–Crippen LogP) is 5.26. The lowest BCUT2D eigenvalue weighted by Gasteiger charge is -2.33. The highest BCUT2D eigenvalue weighted by atomic mass is 19.1. The molecule has 14 heteroatoms. The van der Waals surface area contributed by atoms with Crippen LogP contribution in [0.1, 0.15) is 31.7 Å². The number of ether oxygens (including phenoxy) is 2. The minimum atomic E-state index is -1.05. The van der Waals surface area contributed by atoms with Crippen LogP contribution in [-0.2, 0) is 4.74 Å². The van der Waals surface area contributed by atoms with E-state index in [1.165, 1.54) is 19.2 Å². The van der Waals surface area contributed by atoms with Gasteiger partial charge >= 0.3 is 0 Å². The van der Waals surface area contributed by atoms with Gasteiger partial charge in [0.25, 0.3) is 5.69 Å². The number of pyridine rings is 2. The van der Waals surface area contributed by atoms with E-state index in [0.29, 0.717) is 38.1 Å². The molecule has 3 aromatic heterocycles. The van der Waals surface area contributed by atoms with Gasteiger partial charge in [0.2, 0.25) is 0 Å². The Hall–Kier alpha value is -4.69. The molecule has 5 heterocycles. The number of piperidine rings is 1. The number of aliphatic hydroxyl groups excluding tert-OH is 1. The summed E-state index contributed by atoms with van der Waals surface area (Å²) < 4.78 is 41.4. The summed E-state index contributed by atoms with van der Waals surface area (Å²) in [6, 6.07) is 6.20. The van der Waals surface area contributed by atoms with Gasteiger partial charge in [0.1, 0.15) is 29.0 Å². The van der Waals surface area contributed by atoms with E-state index in [-0.39, 0.29) is 28.9 Å². The summed E-state index contributed by atoms with van der Waals surface area (Å²) in [6.45, 7) is 2.55. The van der Waals surface area contributed by atoms with Gasteiger partial charge in [-0.15, -0.1) is 0 Å². The molecule has 12 nitrogen and oxygen atoms in total. The third kappa shape index (κ3) is 6.03. The first kappa shape index (κ1) is 29.4. The zero-order valence-corrected chi connectivity index (χ0v) is 23.9. The largest absolute Gasteiger partial charge is 0.496 e. The number of benzene rings is 1. The zero-order valence-electron chi connectivity index (χ0n) is 23.9. The predicted molar refractivity (Wildman–Crippen MR) is 158 cm³/mol. The molecule has 0 spiro atoms. The van der Waals surface area contributed by atoms with Gasteiger partial charge in [-0.2, -0.15) is 5.10 Å². The van der Waals surface area contributed by atoms with Gasteiger partial charge in [-0.25, -0.2) is 18.7 Å². The average molecular weight is 608 g/mol. The van der Waals surface area contributed by atoms with Crippen LogP contribution in [0.2, 0.25) is 0 Å². The van der Waals surface area contributed by atoms with Crippen molar-refractivity contribution in [1.29, 1.82) is 0 Å². The summed E-state index contributed by atoms with van der Waals surface area (Å²) in [7, 11) is 1.21. The fourth-order valence-electron chi connectivity index (χ4n) is 5.72. The fourth-order valence-corrected chi connectivity index (χ4v) is 5.72. The Morgan fingerprint density at radius 2 is 1.95 bits per heavy atom. The van der Waals surface area contributed by atoms with Crippen LogP contribution >= 0.6 is 0 Å². The topological polar surface area (TPSA) is 141 Å². The Morgan fingerprint density at radius 3 is 2.70 bits per heavy atom. The van der Waals surface area contributed by atoms with Gasteiger partial charge < -0.3 is 24.8 Å². The maximum absolute atomic E-state index is 14.9. The first-order valence-electron chi connectivity index (χ1n) is 14.3. The number of aromatic nitrogens is 4. The molecule has 2 aliphatic heterocycles. The Morgan fingerprint density at radius 1 is 1.14 bits per heavy atom. The minimum absolute atomic E-state index is 0.147. The maximum Gasteiger partial charge on any atom is 0.295 e. The van der Waals surface area contributed by atoms with Crippen molar-refractivity contribution in [2.45, 2.75) is 37.8 Å².